The molecular weight excluding hydrogens is 286 g/mol. The quantitative estimate of drug-likeness (QED) is 0.816. The number of benzene rings is 1. The smallest absolute Gasteiger partial charge is 0.360 e. The molecule has 2 rings (SSSR count). The van der Waals surface area contributed by atoms with Crippen molar-refractivity contribution in [3.63, 3.8) is 0 Å². The van der Waals surface area contributed by atoms with E-state index < -0.39 is 5.97 Å². The molecule has 17 heavy (non-hydrogen) atoms. The van der Waals surface area contributed by atoms with Crippen molar-refractivity contribution < 1.29 is 14.1 Å². The third kappa shape index (κ3) is 2.74. The molecule has 1 aromatic carbocycles. The van der Waals surface area contributed by atoms with Crippen LogP contribution in [0.3, 0.4) is 0 Å². The number of rotatable bonds is 3. The summed E-state index contributed by atoms with van der Waals surface area (Å²) in [5, 5.41) is 3.67. The number of hydrogen-bond acceptors (Lipinski definition) is 4. The molecule has 0 aliphatic rings. The maximum Gasteiger partial charge on any atom is 0.360 e. The minimum atomic E-state index is -0.473. The zero-order valence-corrected chi connectivity index (χ0v) is 10.7. The molecule has 4 nitrogen and oxygen atoms in total. The van der Waals surface area contributed by atoms with Gasteiger partial charge >= 0.3 is 5.97 Å². The van der Waals surface area contributed by atoms with Gasteiger partial charge in [-0.2, -0.15) is 0 Å². The van der Waals surface area contributed by atoms with Gasteiger partial charge in [0.2, 0.25) is 0 Å². The summed E-state index contributed by atoms with van der Waals surface area (Å²) in [6.07, 6.45) is 0. The monoisotopic (exact) mass is 295 g/mol. The first-order valence-corrected chi connectivity index (χ1v) is 5.90. The third-order valence-corrected chi connectivity index (χ3v) is 2.65. The molecular formula is C12H10BrNO3. The molecule has 0 aliphatic heterocycles. The Bertz CT molecular complexity index is 519. The van der Waals surface area contributed by atoms with Crippen LogP contribution in [0.5, 0.6) is 0 Å². The van der Waals surface area contributed by atoms with E-state index in [0.29, 0.717) is 12.4 Å². The molecule has 0 N–H and O–H groups in total. The van der Waals surface area contributed by atoms with Crippen molar-refractivity contribution in [2.75, 3.05) is 6.61 Å². The van der Waals surface area contributed by atoms with Gasteiger partial charge in [0.05, 0.1) is 6.61 Å². The summed E-state index contributed by atoms with van der Waals surface area (Å²) in [5.74, 6) is 0.0696. The molecule has 0 saturated heterocycles. The van der Waals surface area contributed by atoms with Crippen LogP contribution in [0.2, 0.25) is 0 Å². The second kappa shape index (κ2) is 5.14. The van der Waals surface area contributed by atoms with Crippen molar-refractivity contribution in [2.45, 2.75) is 6.92 Å². The second-order valence-corrected chi connectivity index (χ2v) is 4.22. The lowest BCUT2D eigenvalue weighted by Crippen LogP contribution is -2.04. The predicted octanol–water partition coefficient (Wildman–Crippen LogP) is 3.28. The molecule has 2 aromatic rings. The maximum atomic E-state index is 11.4. The Morgan fingerprint density at radius 3 is 2.76 bits per heavy atom. The van der Waals surface area contributed by atoms with Crippen LogP contribution < -0.4 is 0 Å². The first-order valence-electron chi connectivity index (χ1n) is 5.10. The van der Waals surface area contributed by atoms with Gasteiger partial charge in [0.25, 0.3) is 0 Å². The third-order valence-electron chi connectivity index (χ3n) is 2.12. The number of hydrogen-bond donors (Lipinski definition) is 0. The summed E-state index contributed by atoms with van der Waals surface area (Å²) in [7, 11) is 0. The van der Waals surface area contributed by atoms with Crippen molar-refractivity contribution in [1.82, 2.24) is 5.16 Å². The van der Waals surface area contributed by atoms with E-state index in [2.05, 4.69) is 21.1 Å². The first kappa shape index (κ1) is 11.9. The average molecular weight is 296 g/mol. The SMILES string of the molecule is CCOC(=O)c1cc(-c2ccc(Br)cc2)on1. The summed E-state index contributed by atoms with van der Waals surface area (Å²) >= 11 is 3.35. The van der Waals surface area contributed by atoms with Crippen LogP contribution in [-0.4, -0.2) is 17.7 Å². The minimum absolute atomic E-state index is 0.185. The standard InChI is InChI=1S/C12H10BrNO3/c1-2-16-12(15)10-7-11(17-14-10)8-3-5-9(13)6-4-8/h3-7H,2H2,1H3. The Kier molecular flexibility index (Phi) is 3.58. The first-order chi connectivity index (χ1) is 8.20. The maximum absolute atomic E-state index is 11.4. The lowest BCUT2D eigenvalue weighted by molar-refractivity contribution is 0.0514. The van der Waals surface area contributed by atoms with E-state index >= 15 is 0 Å². The van der Waals surface area contributed by atoms with Crippen molar-refractivity contribution in [2.24, 2.45) is 0 Å². The second-order valence-electron chi connectivity index (χ2n) is 3.30. The zero-order chi connectivity index (χ0) is 12.3. The van der Waals surface area contributed by atoms with E-state index in [1.54, 1.807) is 13.0 Å². The zero-order valence-electron chi connectivity index (χ0n) is 9.14. The number of carbonyl (C=O) groups excluding carboxylic acids is 1. The fourth-order valence-electron chi connectivity index (χ4n) is 1.33. The van der Waals surface area contributed by atoms with Crippen LogP contribution in [0, 0.1) is 0 Å². The van der Waals surface area contributed by atoms with Gasteiger partial charge in [0, 0.05) is 16.1 Å². The van der Waals surface area contributed by atoms with Gasteiger partial charge in [-0.3, -0.25) is 0 Å². The Morgan fingerprint density at radius 2 is 2.12 bits per heavy atom. The van der Waals surface area contributed by atoms with Gasteiger partial charge in [0.15, 0.2) is 11.5 Å². The highest BCUT2D eigenvalue weighted by Crippen LogP contribution is 2.22. The van der Waals surface area contributed by atoms with Crippen LogP contribution in [0.25, 0.3) is 11.3 Å². The molecule has 0 bridgehead atoms. The largest absolute Gasteiger partial charge is 0.461 e. The number of carbonyl (C=O) groups is 1. The normalized spacial score (nSPS) is 10.2. The molecule has 1 aromatic heterocycles. The molecule has 0 amide bonds. The van der Waals surface area contributed by atoms with Crippen LogP contribution >= 0.6 is 15.9 Å². The summed E-state index contributed by atoms with van der Waals surface area (Å²) in [5.41, 5.74) is 1.04. The lowest BCUT2D eigenvalue weighted by Gasteiger charge is -1.95. The number of halogens is 1. The van der Waals surface area contributed by atoms with E-state index in [4.69, 9.17) is 9.26 Å². The van der Waals surface area contributed by atoms with Crippen LogP contribution in [0.4, 0.5) is 0 Å². The van der Waals surface area contributed by atoms with Gasteiger partial charge in [-0.25, -0.2) is 4.79 Å². The molecule has 0 unspecified atom stereocenters. The van der Waals surface area contributed by atoms with Gasteiger partial charge in [-0.1, -0.05) is 33.2 Å². The fraction of sp³-hybridized carbons (Fsp3) is 0.167. The number of aromatic nitrogens is 1. The lowest BCUT2D eigenvalue weighted by atomic mass is 10.2. The highest BCUT2D eigenvalue weighted by molar-refractivity contribution is 9.10. The van der Waals surface area contributed by atoms with Gasteiger partial charge in [-0.15, -0.1) is 0 Å². The van der Waals surface area contributed by atoms with Crippen molar-refractivity contribution in [3.05, 3.63) is 40.5 Å². The highest BCUT2D eigenvalue weighted by atomic mass is 79.9. The van der Waals surface area contributed by atoms with Crippen LogP contribution in [-0.2, 0) is 4.74 Å². The van der Waals surface area contributed by atoms with Crippen LogP contribution in [0.1, 0.15) is 17.4 Å². The summed E-state index contributed by atoms with van der Waals surface area (Å²) in [6, 6.07) is 9.10. The van der Waals surface area contributed by atoms with Gasteiger partial charge in [-0.05, 0) is 19.1 Å². The molecule has 5 heteroatoms. The van der Waals surface area contributed by atoms with Crippen molar-refractivity contribution in [1.29, 1.82) is 0 Å². The summed E-state index contributed by atoms with van der Waals surface area (Å²) in [6.45, 7) is 2.06. The highest BCUT2D eigenvalue weighted by Gasteiger charge is 2.14. The molecule has 0 saturated carbocycles. The molecule has 0 radical (unpaired) electrons. The average Bonchev–Trinajstić information content (AvgIpc) is 2.80. The molecule has 1 heterocycles. The fourth-order valence-corrected chi connectivity index (χ4v) is 1.59. The predicted molar refractivity (Wildman–Crippen MR) is 65.6 cm³/mol. The van der Waals surface area contributed by atoms with E-state index in [1.165, 1.54) is 0 Å². The van der Waals surface area contributed by atoms with E-state index in [1.807, 2.05) is 24.3 Å². The summed E-state index contributed by atoms with van der Waals surface area (Å²) in [4.78, 5) is 11.4. The Balaban J connectivity index is 2.23. The summed E-state index contributed by atoms with van der Waals surface area (Å²) < 4.78 is 10.9. The number of nitrogens with zero attached hydrogens (tertiary/aromatic N) is 1. The van der Waals surface area contributed by atoms with E-state index in [9.17, 15) is 4.79 Å². The van der Waals surface area contributed by atoms with E-state index in [0.717, 1.165) is 10.0 Å². The minimum Gasteiger partial charge on any atom is -0.461 e. The Labute approximate surface area is 107 Å². The number of ether oxygens (including phenoxy) is 1. The molecule has 0 spiro atoms. The molecule has 0 fully saturated rings. The van der Waals surface area contributed by atoms with E-state index in [-0.39, 0.29) is 5.69 Å². The molecule has 0 atom stereocenters. The van der Waals surface area contributed by atoms with Gasteiger partial charge in [0.1, 0.15) is 0 Å². The van der Waals surface area contributed by atoms with Crippen LogP contribution in [0.15, 0.2) is 39.3 Å². The van der Waals surface area contributed by atoms with Crippen molar-refractivity contribution in [3.8, 4) is 11.3 Å². The Hall–Kier alpha value is -1.62. The topological polar surface area (TPSA) is 52.3 Å². The van der Waals surface area contributed by atoms with Crippen molar-refractivity contribution >= 4 is 21.9 Å². The van der Waals surface area contributed by atoms with Gasteiger partial charge < -0.3 is 9.26 Å². The molecule has 0 aliphatic carbocycles. The number of esters is 1. The Morgan fingerprint density at radius 1 is 1.41 bits per heavy atom. The molecule has 88 valence electrons.